The van der Waals surface area contributed by atoms with Gasteiger partial charge in [0.05, 0.1) is 12.5 Å². The first-order chi connectivity index (χ1) is 18.3. The fraction of sp³-hybridized carbons (Fsp3) is 0.250. The van der Waals surface area contributed by atoms with Gasteiger partial charge in [-0.3, -0.25) is 14.5 Å². The van der Waals surface area contributed by atoms with Crippen molar-refractivity contribution in [3.8, 4) is 0 Å². The minimum atomic E-state index is -1.64. The van der Waals surface area contributed by atoms with E-state index in [4.69, 9.17) is 4.74 Å². The van der Waals surface area contributed by atoms with Crippen LogP contribution in [0.25, 0.3) is 0 Å². The van der Waals surface area contributed by atoms with Crippen molar-refractivity contribution in [2.45, 2.75) is 37.0 Å². The number of nitrogens with zero attached hydrogens (tertiary/aromatic N) is 1. The number of carbonyl (C=O) groups is 3. The molecule has 2 aliphatic rings. The molecule has 38 heavy (non-hydrogen) atoms. The van der Waals surface area contributed by atoms with Crippen LogP contribution in [0.1, 0.15) is 29.0 Å². The summed E-state index contributed by atoms with van der Waals surface area (Å²) in [6.07, 6.45) is -1.80. The van der Waals surface area contributed by atoms with Crippen LogP contribution in [0.2, 0.25) is 0 Å². The van der Waals surface area contributed by atoms with Crippen LogP contribution in [0.3, 0.4) is 0 Å². The van der Waals surface area contributed by atoms with Crippen molar-refractivity contribution in [1.82, 2.24) is 10.2 Å². The average Bonchev–Trinajstić information content (AvgIpc) is 3.43. The summed E-state index contributed by atoms with van der Waals surface area (Å²) < 4.78 is 19.1. The number of nitrogens with one attached hydrogen (secondary N) is 1. The molecule has 2 aliphatic heterocycles. The summed E-state index contributed by atoms with van der Waals surface area (Å²) in [7, 11) is 0. The Morgan fingerprint density at radius 3 is 2.29 bits per heavy atom. The molecule has 2 amide bonds. The minimum Gasteiger partial charge on any atom is -0.614 e. The highest BCUT2D eigenvalue weighted by molar-refractivity contribution is 7.92. The number of amides is 2. The summed E-state index contributed by atoms with van der Waals surface area (Å²) in [5.74, 6) is -1.86. The van der Waals surface area contributed by atoms with Crippen LogP contribution >= 0.6 is 11.3 Å². The monoisotopic (exact) mass is 550 g/mol. The number of ether oxygens (including phenoxy) is 1. The highest BCUT2D eigenvalue weighted by Gasteiger charge is 2.61. The third-order valence-electron chi connectivity index (χ3n) is 6.51. The van der Waals surface area contributed by atoms with Gasteiger partial charge >= 0.3 is 5.97 Å². The fourth-order valence-electron chi connectivity index (χ4n) is 4.66. The average molecular weight is 551 g/mol. The van der Waals surface area contributed by atoms with Crippen LogP contribution in [0.4, 0.5) is 0 Å². The zero-order chi connectivity index (χ0) is 26.8. The topological polar surface area (TPSA) is 119 Å². The molecule has 5 rings (SSSR count). The number of hydrogen-bond acceptors (Lipinski definition) is 7. The first-order valence-electron chi connectivity index (χ1n) is 12.1. The predicted octanol–water partition coefficient (Wildman–Crippen LogP) is 2.67. The van der Waals surface area contributed by atoms with Crippen LogP contribution in [-0.4, -0.2) is 55.6 Å². The van der Waals surface area contributed by atoms with E-state index in [0.29, 0.717) is 0 Å². The van der Waals surface area contributed by atoms with Gasteiger partial charge in [-0.2, -0.15) is 0 Å². The molecule has 1 fully saturated rings. The van der Waals surface area contributed by atoms with Gasteiger partial charge in [-0.1, -0.05) is 66.7 Å². The standard InChI is InChI=1S/C28H26N2O6S2/c1-17(31)21-16-38(35)27-23(29-22(32)15-20-13-8-14-37-20)26(33)30(27)24(21)28(34)36-25(18-9-4-2-5-10-18)19-11-6-3-7-12-19/h2-14,17,23,25,27,31H,15-16H2,1H3,(H,29,32)/t17?,23?,27-,38?/m0/s1. The molecule has 0 aliphatic carbocycles. The molecule has 3 unspecified atom stereocenters. The first kappa shape index (κ1) is 26.2. The Hall–Kier alpha value is -3.44. The van der Waals surface area contributed by atoms with Crippen LogP contribution in [-0.2, 0) is 36.7 Å². The van der Waals surface area contributed by atoms with Gasteiger partial charge in [-0.05, 0) is 40.7 Å². The van der Waals surface area contributed by atoms with Gasteiger partial charge in [0.2, 0.25) is 11.3 Å². The third-order valence-corrected chi connectivity index (χ3v) is 9.01. The molecule has 1 saturated heterocycles. The van der Waals surface area contributed by atoms with Crippen molar-refractivity contribution in [3.63, 3.8) is 0 Å². The molecule has 0 saturated carbocycles. The van der Waals surface area contributed by atoms with Crippen molar-refractivity contribution >= 4 is 40.3 Å². The zero-order valence-electron chi connectivity index (χ0n) is 20.5. The van der Waals surface area contributed by atoms with Gasteiger partial charge in [-0.25, -0.2) is 4.79 Å². The Morgan fingerprint density at radius 2 is 1.74 bits per heavy atom. The maximum atomic E-state index is 13.7. The van der Waals surface area contributed by atoms with Crippen LogP contribution < -0.4 is 5.32 Å². The van der Waals surface area contributed by atoms with Gasteiger partial charge in [0.15, 0.2) is 12.1 Å². The lowest BCUT2D eigenvalue weighted by Crippen LogP contribution is -2.75. The Bertz CT molecular complexity index is 1300. The second-order valence-corrected chi connectivity index (χ2v) is 11.6. The Morgan fingerprint density at radius 1 is 1.11 bits per heavy atom. The molecule has 10 heteroatoms. The van der Waals surface area contributed by atoms with E-state index >= 15 is 0 Å². The minimum absolute atomic E-state index is 0.0975. The van der Waals surface area contributed by atoms with E-state index in [-0.39, 0.29) is 29.4 Å². The summed E-state index contributed by atoms with van der Waals surface area (Å²) in [6, 6.07) is 21.0. The molecule has 196 valence electrons. The number of fused-ring (bicyclic) bond motifs is 1. The second kappa shape index (κ2) is 11.1. The molecule has 0 spiro atoms. The van der Waals surface area contributed by atoms with E-state index in [9.17, 15) is 24.0 Å². The number of aliphatic hydroxyl groups excluding tert-OH is 1. The Labute approximate surface area is 227 Å². The quantitative estimate of drug-likeness (QED) is 0.253. The van der Waals surface area contributed by atoms with E-state index < -0.39 is 46.7 Å². The van der Waals surface area contributed by atoms with Crippen molar-refractivity contribution < 1.29 is 28.8 Å². The summed E-state index contributed by atoms with van der Waals surface area (Å²) >= 11 is -0.214. The molecular weight excluding hydrogens is 524 g/mol. The number of rotatable bonds is 8. The van der Waals surface area contributed by atoms with Crippen LogP contribution in [0.5, 0.6) is 0 Å². The molecular formula is C28H26N2O6S2. The van der Waals surface area contributed by atoms with E-state index in [1.54, 1.807) is 0 Å². The normalized spacial score (nSPS) is 21.5. The lowest BCUT2D eigenvalue weighted by Gasteiger charge is -2.49. The number of aliphatic hydroxyl groups is 1. The number of β-lactam (4-membered cyclic amide) rings is 1. The number of carbonyl (C=O) groups excluding carboxylic acids is 3. The molecule has 2 N–H and O–H groups in total. The highest BCUT2D eigenvalue weighted by atomic mass is 32.2. The van der Waals surface area contributed by atoms with Crippen molar-refractivity contribution in [1.29, 1.82) is 0 Å². The summed E-state index contributed by atoms with van der Waals surface area (Å²) in [4.78, 5) is 41.5. The fourth-order valence-corrected chi connectivity index (χ4v) is 7.15. The van der Waals surface area contributed by atoms with Gasteiger partial charge in [0.1, 0.15) is 11.4 Å². The Balaban J connectivity index is 1.42. The van der Waals surface area contributed by atoms with Crippen molar-refractivity contribution in [2.24, 2.45) is 0 Å². The van der Waals surface area contributed by atoms with Gasteiger partial charge in [0, 0.05) is 10.5 Å². The van der Waals surface area contributed by atoms with Crippen molar-refractivity contribution in [3.05, 3.63) is 105 Å². The van der Waals surface area contributed by atoms with Crippen molar-refractivity contribution in [2.75, 3.05) is 5.75 Å². The number of thiophene rings is 1. The molecule has 3 heterocycles. The van der Waals surface area contributed by atoms with Gasteiger partial charge in [-0.15, -0.1) is 11.3 Å². The number of hydrogen-bond donors (Lipinski definition) is 2. The highest BCUT2D eigenvalue weighted by Crippen LogP contribution is 2.39. The van der Waals surface area contributed by atoms with E-state index in [1.165, 1.54) is 18.3 Å². The largest absolute Gasteiger partial charge is 0.614 e. The second-order valence-electron chi connectivity index (χ2n) is 9.08. The zero-order valence-corrected chi connectivity index (χ0v) is 22.1. The maximum Gasteiger partial charge on any atom is 0.356 e. The van der Waals surface area contributed by atoms with E-state index in [1.807, 2.05) is 78.2 Å². The Kier molecular flexibility index (Phi) is 7.66. The summed E-state index contributed by atoms with van der Waals surface area (Å²) in [6.45, 7) is 1.45. The lowest BCUT2D eigenvalue weighted by atomic mass is 9.99. The van der Waals surface area contributed by atoms with Crippen LogP contribution in [0.15, 0.2) is 89.4 Å². The summed E-state index contributed by atoms with van der Waals surface area (Å²) in [5.41, 5.74) is 1.52. The first-order valence-corrected chi connectivity index (χ1v) is 14.3. The predicted molar refractivity (Wildman–Crippen MR) is 143 cm³/mol. The molecule has 8 nitrogen and oxygen atoms in total. The lowest BCUT2D eigenvalue weighted by molar-refractivity contribution is -0.155. The van der Waals surface area contributed by atoms with E-state index in [2.05, 4.69) is 5.32 Å². The maximum absolute atomic E-state index is 13.7. The molecule has 0 bridgehead atoms. The molecule has 2 aromatic carbocycles. The van der Waals surface area contributed by atoms with Crippen LogP contribution in [0, 0.1) is 0 Å². The van der Waals surface area contributed by atoms with E-state index in [0.717, 1.165) is 20.9 Å². The molecule has 1 aromatic heterocycles. The molecule has 4 atom stereocenters. The number of benzene rings is 2. The molecule has 0 radical (unpaired) electrons. The third kappa shape index (κ3) is 5.12. The smallest absolute Gasteiger partial charge is 0.356 e. The van der Waals surface area contributed by atoms with Gasteiger partial charge < -0.3 is 19.7 Å². The molecule has 3 aromatic rings. The SMILES string of the molecule is CC(O)C1=C(C(=O)OC(c2ccccc2)c2ccccc2)N2C(=O)C(NC(=O)Cc3cccs3)[C@@H]2[S+]([O-])C1. The summed E-state index contributed by atoms with van der Waals surface area (Å²) in [5, 5.41) is 14.1. The van der Waals surface area contributed by atoms with Gasteiger partial charge in [0.25, 0.3) is 5.91 Å². The number of esters is 1.